The Labute approximate surface area is 104 Å². The maximum absolute atomic E-state index is 11.8. The van der Waals surface area contributed by atoms with Crippen LogP contribution in [0.4, 0.5) is 0 Å². The van der Waals surface area contributed by atoms with Crippen molar-refractivity contribution < 1.29 is 9.53 Å². The molecule has 3 unspecified atom stereocenters. The van der Waals surface area contributed by atoms with Gasteiger partial charge in [-0.05, 0) is 49.7 Å². The molecule has 1 heterocycles. The van der Waals surface area contributed by atoms with Gasteiger partial charge >= 0.3 is 5.97 Å². The molecule has 86 valence electrons. The van der Waals surface area contributed by atoms with Crippen molar-refractivity contribution in [2.24, 2.45) is 11.8 Å². The zero-order valence-corrected chi connectivity index (χ0v) is 10.4. The Morgan fingerprint density at radius 1 is 1.38 bits per heavy atom. The van der Waals surface area contributed by atoms with E-state index in [9.17, 15) is 4.79 Å². The molecule has 2 saturated carbocycles. The van der Waals surface area contributed by atoms with Crippen molar-refractivity contribution in [1.29, 1.82) is 0 Å². The number of esters is 1. The van der Waals surface area contributed by atoms with E-state index < -0.39 is 0 Å². The zero-order valence-electron chi connectivity index (χ0n) is 8.82. The van der Waals surface area contributed by atoms with E-state index in [-0.39, 0.29) is 12.1 Å². The topological polar surface area (TPSA) is 26.3 Å². The Morgan fingerprint density at radius 2 is 2.25 bits per heavy atom. The number of carbonyl (C=O) groups excluding carboxylic acids is 1. The lowest BCUT2D eigenvalue weighted by atomic mass is 9.98. The minimum absolute atomic E-state index is 0.159. The largest absolute Gasteiger partial charge is 0.458 e. The maximum Gasteiger partial charge on any atom is 0.348 e. The molecule has 0 spiro atoms. The molecule has 1 aromatic rings. The van der Waals surface area contributed by atoms with Crippen molar-refractivity contribution in [2.45, 2.75) is 31.8 Å². The molecule has 3 atom stereocenters. The summed E-state index contributed by atoms with van der Waals surface area (Å²) in [6.45, 7) is 0. The van der Waals surface area contributed by atoms with Gasteiger partial charge in [-0.25, -0.2) is 4.79 Å². The third-order valence-corrected chi connectivity index (χ3v) is 4.92. The molecule has 2 bridgehead atoms. The van der Waals surface area contributed by atoms with Gasteiger partial charge < -0.3 is 4.74 Å². The minimum Gasteiger partial charge on any atom is -0.458 e. The van der Waals surface area contributed by atoms with Gasteiger partial charge in [0, 0.05) is 0 Å². The molecule has 4 heteroatoms. The fraction of sp³-hybridized carbons (Fsp3) is 0.583. The predicted octanol–water partition coefficient (Wildman–Crippen LogP) is 3.75. The summed E-state index contributed by atoms with van der Waals surface area (Å²) in [4.78, 5) is 12.4. The minimum atomic E-state index is -0.200. The first kappa shape index (κ1) is 10.6. The molecule has 2 aliphatic rings. The van der Waals surface area contributed by atoms with Crippen molar-refractivity contribution in [1.82, 2.24) is 0 Å². The smallest absolute Gasteiger partial charge is 0.348 e. The summed E-state index contributed by atoms with van der Waals surface area (Å²) in [6.07, 6.45) is 5.03. The van der Waals surface area contributed by atoms with Crippen molar-refractivity contribution in [3.8, 4) is 0 Å². The highest BCUT2D eigenvalue weighted by Gasteiger charge is 2.41. The molecule has 0 amide bonds. The quantitative estimate of drug-likeness (QED) is 0.754. The average Bonchev–Trinajstić information content (AvgIpc) is 2.92. The molecule has 0 saturated heterocycles. The van der Waals surface area contributed by atoms with Crippen molar-refractivity contribution in [3.05, 3.63) is 21.3 Å². The van der Waals surface area contributed by atoms with Gasteiger partial charge in [0.2, 0.25) is 0 Å². The molecule has 16 heavy (non-hydrogen) atoms. The zero-order chi connectivity index (χ0) is 11.1. The molecule has 0 radical (unpaired) electrons. The number of halogens is 1. The Hall–Kier alpha value is -0.540. The number of ether oxygens (including phenoxy) is 1. The summed E-state index contributed by atoms with van der Waals surface area (Å²) >= 11 is 7.09. The number of hydrogen-bond acceptors (Lipinski definition) is 3. The molecule has 0 N–H and O–H groups in total. The summed E-state index contributed by atoms with van der Waals surface area (Å²) in [6, 6.07) is 3.48. The molecular weight excluding hydrogens is 244 g/mol. The van der Waals surface area contributed by atoms with Crippen LogP contribution >= 0.6 is 22.9 Å². The number of fused-ring (bicyclic) bond motifs is 2. The highest BCUT2D eigenvalue weighted by molar-refractivity contribution is 7.17. The molecule has 2 aliphatic carbocycles. The van der Waals surface area contributed by atoms with E-state index in [1.165, 1.54) is 30.6 Å². The van der Waals surface area contributed by atoms with Gasteiger partial charge in [0.25, 0.3) is 0 Å². The van der Waals surface area contributed by atoms with E-state index in [0.29, 0.717) is 15.1 Å². The lowest BCUT2D eigenvalue weighted by molar-refractivity contribution is 0.0164. The number of thiophene rings is 1. The molecule has 0 aliphatic heterocycles. The second-order valence-electron chi connectivity index (χ2n) is 4.72. The lowest BCUT2D eigenvalue weighted by Gasteiger charge is -2.21. The molecule has 3 rings (SSSR count). The van der Waals surface area contributed by atoms with Crippen LogP contribution < -0.4 is 0 Å². The second-order valence-corrected chi connectivity index (χ2v) is 6.44. The van der Waals surface area contributed by atoms with Crippen LogP contribution in [-0.2, 0) is 4.74 Å². The molecule has 2 nitrogen and oxygen atoms in total. The van der Waals surface area contributed by atoms with Crippen LogP contribution in [-0.4, -0.2) is 12.1 Å². The van der Waals surface area contributed by atoms with E-state index in [0.717, 1.165) is 12.3 Å². The van der Waals surface area contributed by atoms with Gasteiger partial charge in [-0.1, -0.05) is 11.6 Å². The van der Waals surface area contributed by atoms with Crippen molar-refractivity contribution in [2.75, 3.05) is 0 Å². The van der Waals surface area contributed by atoms with Crippen LogP contribution in [0.1, 0.15) is 35.4 Å². The summed E-state index contributed by atoms with van der Waals surface area (Å²) in [5, 5.41) is 0. The first-order valence-electron chi connectivity index (χ1n) is 5.68. The fourth-order valence-electron chi connectivity index (χ4n) is 2.95. The maximum atomic E-state index is 11.8. The Kier molecular flexibility index (Phi) is 2.68. The molecular formula is C12H13ClO2S. The Balaban J connectivity index is 1.65. The number of carbonyl (C=O) groups is 1. The van der Waals surface area contributed by atoms with Gasteiger partial charge in [0.05, 0.1) is 4.34 Å². The first-order valence-corrected chi connectivity index (χ1v) is 6.88. The Bertz CT molecular complexity index is 415. The first-order chi connectivity index (χ1) is 7.72. The third kappa shape index (κ3) is 1.87. The molecule has 1 aromatic heterocycles. The SMILES string of the molecule is O=C(OC1CC2CCC1C2)c1ccc(Cl)s1. The van der Waals surface area contributed by atoms with Crippen LogP contribution in [0.5, 0.6) is 0 Å². The number of rotatable bonds is 2. The highest BCUT2D eigenvalue weighted by Crippen LogP contribution is 2.46. The monoisotopic (exact) mass is 256 g/mol. The van der Waals surface area contributed by atoms with Gasteiger partial charge in [-0.3, -0.25) is 0 Å². The average molecular weight is 257 g/mol. The van der Waals surface area contributed by atoms with Crippen LogP contribution in [0.3, 0.4) is 0 Å². The van der Waals surface area contributed by atoms with Gasteiger partial charge in [0.15, 0.2) is 0 Å². The normalized spacial score (nSPS) is 31.9. The van der Waals surface area contributed by atoms with Crippen LogP contribution in [0, 0.1) is 11.8 Å². The van der Waals surface area contributed by atoms with E-state index >= 15 is 0 Å². The van der Waals surface area contributed by atoms with E-state index in [1.807, 2.05) is 0 Å². The van der Waals surface area contributed by atoms with Gasteiger partial charge in [-0.2, -0.15) is 0 Å². The lowest BCUT2D eigenvalue weighted by Crippen LogP contribution is -2.23. The van der Waals surface area contributed by atoms with Crippen molar-refractivity contribution in [3.63, 3.8) is 0 Å². The van der Waals surface area contributed by atoms with Gasteiger partial charge in [-0.15, -0.1) is 11.3 Å². The summed E-state index contributed by atoms with van der Waals surface area (Å²) in [7, 11) is 0. The van der Waals surface area contributed by atoms with E-state index in [2.05, 4.69) is 0 Å². The Morgan fingerprint density at radius 3 is 2.81 bits per heavy atom. The predicted molar refractivity (Wildman–Crippen MR) is 64.0 cm³/mol. The van der Waals surface area contributed by atoms with Gasteiger partial charge in [0.1, 0.15) is 11.0 Å². The van der Waals surface area contributed by atoms with Crippen molar-refractivity contribution >= 4 is 28.9 Å². The summed E-state index contributed by atoms with van der Waals surface area (Å²) in [5.74, 6) is 1.22. The highest BCUT2D eigenvalue weighted by atomic mass is 35.5. The standard InChI is InChI=1S/C12H13ClO2S/c13-11-4-3-10(16-11)12(14)15-9-6-7-1-2-8(9)5-7/h3-4,7-9H,1-2,5-6H2. The van der Waals surface area contributed by atoms with E-state index in [4.69, 9.17) is 16.3 Å². The van der Waals surface area contributed by atoms with Crippen LogP contribution in [0.2, 0.25) is 4.34 Å². The third-order valence-electron chi connectivity index (χ3n) is 3.71. The fourth-order valence-corrected chi connectivity index (χ4v) is 3.88. The molecule has 2 fully saturated rings. The van der Waals surface area contributed by atoms with Crippen LogP contribution in [0.25, 0.3) is 0 Å². The number of hydrogen-bond donors (Lipinski definition) is 0. The van der Waals surface area contributed by atoms with Crippen LogP contribution in [0.15, 0.2) is 12.1 Å². The summed E-state index contributed by atoms with van der Waals surface area (Å²) < 4.78 is 6.20. The summed E-state index contributed by atoms with van der Waals surface area (Å²) in [5.41, 5.74) is 0. The second kappa shape index (κ2) is 4.04. The molecule has 0 aromatic carbocycles. The van der Waals surface area contributed by atoms with E-state index in [1.54, 1.807) is 12.1 Å².